The van der Waals surface area contributed by atoms with Crippen LogP contribution in [0.3, 0.4) is 0 Å². The molecule has 27 heavy (non-hydrogen) atoms. The Kier molecular flexibility index (Phi) is 4.24. The maximum absolute atomic E-state index is 13.0. The predicted octanol–water partition coefficient (Wildman–Crippen LogP) is 4.16. The van der Waals surface area contributed by atoms with Crippen molar-refractivity contribution in [3.63, 3.8) is 0 Å². The maximum Gasteiger partial charge on any atom is 0.232 e. The predicted molar refractivity (Wildman–Crippen MR) is 109 cm³/mol. The second-order valence-corrected chi connectivity index (χ2v) is 8.95. The number of nitrogens with one attached hydrogen (secondary N) is 1. The van der Waals surface area contributed by atoms with E-state index >= 15 is 0 Å². The molecule has 1 saturated carbocycles. The van der Waals surface area contributed by atoms with Crippen molar-refractivity contribution in [2.45, 2.75) is 19.5 Å². The van der Waals surface area contributed by atoms with Crippen LogP contribution in [0.4, 0.5) is 15.3 Å². The van der Waals surface area contributed by atoms with Gasteiger partial charge in [0.15, 0.2) is 5.13 Å². The summed E-state index contributed by atoms with van der Waals surface area (Å²) in [6.07, 6.45) is 1.22. The molecule has 0 saturated heterocycles. The zero-order chi connectivity index (χ0) is 19.3. The van der Waals surface area contributed by atoms with E-state index in [1.54, 1.807) is 0 Å². The summed E-state index contributed by atoms with van der Waals surface area (Å²) in [7, 11) is 6.27. The molecule has 1 aliphatic rings. The van der Waals surface area contributed by atoms with Crippen LogP contribution in [0.2, 0.25) is 0 Å². The molecule has 0 radical (unpaired) electrons. The summed E-state index contributed by atoms with van der Waals surface area (Å²) in [5.74, 6) is 0.213. The highest BCUT2D eigenvalue weighted by molar-refractivity contribution is 7.22. The van der Waals surface area contributed by atoms with E-state index in [4.69, 9.17) is 0 Å². The molecule has 1 amide bonds. The van der Waals surface area contributed by atoms with Crippen LogP contribution in [0.5, 0.6) is 0 Å². The summed E-state index contributed by atoms with van der Waals surface area (Å²) < 4.78 is 14.7. The number of hydrogen-bond acceptors (Lipinski definition) is 4. The Labute approximate surface area is 161 Å². The SMILES string of the molecule is Cc1cc([N+](C)(C)C)ncc1-c1ccc2nc(NC(=O)[C@@H]3C[C@@H]3F)sc2c1. The lowest BCUT2D eigenvalue weighted by Crippen LogP contribution is -2.35. The summed E-state index contributed by atoms with van der Waals surface area (Å²) in [4.78, 5) is 21.0. The first-order chi connectivity index (χ1) is 12.7. The molecule has 1 aliphatic carbocycles. The van der Waals surface area contributed by atoms with Crippen molar-refractivity contribution in [3.8, 4) is 11.1 Å². The average Bonchev–Trinajstić information content (AvgIpc) is 3.19. The summed E-state index contributed by atoms with van der Waals surface area (Å²) in [5.41, 5.74) is 4.12. The van der Waals surface area contributed by atoms with Crippen LogP contribution < -0.4 is 9.80 Å². The molecule has 1 fully saturated rings. The number of thiazole rings is 1. The molecule has 4 rings (SSSR count). The van der Waals surface area contributed by atoms with Gasteiger partial charge >= 0.3 is 0 Å². The molecule has 5 nitrogen and oxygen atoms in total. The molecule has 2 aromatic heterocycles. The van der Waals surface area contributed by atoms with Gasteiger partial charge in [0.2, 0.25) is 11.7 Å². The number of aromatic nitrogens is 2. The molecular weight excluding hydrogens is 363 g/mol. The summed E-state index contributed by atoms with van der Waals surface area (Å²) in [5, 5.41) is 3.25. The van der Waals surface area contributed by atoms with Gasteiger partial charge in [0.05, 0.1) is 37.3 Å². The van der Waals surface area contributed by atoms with Crippen LogP contribution >= 0.6 is 11.3 Å². The van der Waals surface area contributed by atoms with E-state index in [0.717, 1.165) is 32.7 Å². The Morgan fingerprint density at radius 2 is 2.04 bits per heavy atom. The van der Waals surface area contributed by atoms with Crippen molar-refractivity contribution in [1.82, 2.24) is 14.5 Å². The molecule has 0 aliphatic heterocycles. The van der Waals surface area contributed by atoms with Crippen LogP contribution in [0.15, 0.2) is 30.5 Å². The van der Waals surface area contributed by atoms with Gasteiger partial charge in [-0.3, -0.25) is 9.28 Å². The maximum atomic E-state index is 13.0. The van der Waals surface area contributed by atoms with E-state index in [0.29, 0.717) is 16.0 Å². The van der Waals surface area contributed by atoms with E-state index in [2.05, 4.69) is 55.5 Å². The number of rotatable bonds is 4. The number of carbonyl (C=O) groups is 1. The summed E-state index contributed by atoms with van der Waals surface area (Å²) >= 11 is 1.41. The normalized spacial score (nSPS) is 19.3. The van der Waals surface area contributed by atoms with Crippen molar-refractivity contribution in [1.29, 1.82) is 0 Å². The Balaban J connectivity index is 1.63. The average molecular weight is 385 g/mol. The minimum atomic E-state index is -1.00. The van der Waals surface area contributed by atoms with Crippen LogP contribution in [-0.4, -0.2) is 43.2 Å². The highest BCUT2D eigenvalue weighted by Gasteiger charge is 2.43. The van der Waals surface area contributed by atoms with Gasteiger partial charge in [0.1, 0.15) is 6.17 Å². The number of hydrogen-bond donors (Lipinski definition) is 1. The number of alkyl halides is 1. The second-order valence-electron chi connectivity index (χ2n) is 7.92. The third-order valence-electron chi connectivity index (χ3n) is 4.76. The highest BCUT2D eigenvalue weighted by Crippen LogP contribution is 2.36. The van der Waals surface area contributed by atoms with E-state index in [1.807, 2.05) is 18.3 Å². The molecule has 2 heterocycles. The highest BCUT2D eigenvalue weighted by atomic mass is 32.1. The molecule has 2 atom stereocenters. The molecule has 1 N–H and O–H groups in total. The summed E-state index contributed by atoms with van der Waals surface area (Å²) in [6.45, 7) is 2.09. The van der Waals surface area contributed by atoms with E-state index in [1.165, 1.54) is 11.3 Å². The smallest absolute Gasteiger partial charge is 0.232 e. The number of pyridine rings is 1. The Hall–Kier alpha value is -2.38. The molecule has 0 unspecified atom stereocenters. The number of carbonyl (C=O) groups excluding carboxylic acids is 1. The van der Waals surface area contributed by atoms with Gasteiger partial charge < -0.3 is 5.32 Å². The molecule has 7 heteroatoms. The Morgan fingerprint density at radius 1 is 1.30 bits per heavy atom. The third kappa shape index (κ3) is 3.57. The minimum Gasteiger partial charge on any atom is -0.302 e. The topological polar surface area (TPSA) is 54.9 Å². The minimum absolute atomic E-state index is 0.280. The summed E-state index contributed by atoms with van der Waals surface area (Å²) in [6, 6.07) is 8.13. The fourth-order valence-corrected chi connectivity index (χ4v) is 3.90. The molecular formula is C20H22FN4OS+. The van der Waals surface area contributed by atoms with Crippen molar-refractivity contribution < 1.29 is 9.18 Å². The fourth-order valence-electron chi connectivity index (χ4n) is 2.99. The van der Waals surface area contributed by atoms with Gasteiger partial charge in [-0.05, 0) is 36.6 Å². The number of fused-ring (bicyclic) bond motifs is 1. The zero-order valence-corrected chi connectivity index (χ0v) is 16.6. The van der Waals surface area contributed by atoms with Crippen LogP contribution in [-0.2, 0) is 4.79 Å². The lowest BCUT2D eigenvalue weighted by atomic mass is 10.0. The first-order valence-electron chi connectivity index (χ1n) is 8.87. The van der Waals surface area contributed by atoms with Crippen LogP contribution in [0.25, 0.3) is 21.3 Å². The van der Waals surface area contributed by atoms with Gasteiger partial charge in [0.25, 0.3) is 0 Å². The number of aryl methyl sites for hydroxylation is 1. The Morgan fingerprint density at radius 3 is 2.67 bits per heavy atom. The van der Waals surface area contributed by atoms with E-state index in [9.17, 15) is 9.18 Å². The molecule has 3 aromatic rings. The number of amides is 1. The third-order valence-corrected chi connectivity index (χ3v) is 5.70. The molecule has 0 bridgehead atoms. The van der Waals surface area contributed by atoms with Crippen molar-refractivity contribution >= 4 is 38.4 Å². The fraction of sp³-hybridized carbons (Fsp3) is 0.350. The van der Waals surface area contributed by atoms with Gasteiger partial charge in [0, 0.05) is 17.8 Å². The van der Waals surface area contributed by atoms with Gasteiger partial charge in [-0.2, -0.15) is 0 Å². The van der Waals surface area contributed by atoms with Crippen molar-refractivity contribution in [2.75, 3.05) is 26.5 Å². The van der Waals surface area contributed by atoms with E-state index < -0.39 is 12.1 Å². The first kappa shape index (κ1) is 18.0. The monoisotopic (exact) mass is 385 g/mol. The van der Waals surface area contributed by atoms with E-state index in [-0.39, 0.29) is 5.91 Å². The lowest BCUT2D eigenvalue weighted by molar-refractivity contribution is -0.117. The number of anilines is 1. The zero-order valence-electron chi connectivity index (χ0n) is 15.8. The number of nitrogens with zero attached hydrogens (tertiary/aromatic N) is 3. The standard InChI is InChI=1S/C20H21FN4OS/c1-11-7-18(25(2,3)4)22-10-14(11)12-5-6-16-17(8-12)27-20(23-16)24-19(26)13-9-15(13)21/h5-8,10,13,15H,9H2,1-4H3/p+1/t13-,15+/m1/s1. The van der Waals surface area contributed by atoms with Crippen LogP contribution in [0.1, 0.15) is 12.0 Å². The first-order valence-corrected chi connectivity index (χ1v) is 9.68. The van der Waals surface area contributed by atoms with Crippen LogP contribution in [0, 0.1) is 12.8 Å². The number of benzene rings is 1. The number of quaternary nitrogens is 1. The molecule has 140 valence electrons. The molecule has 0 spiro atoms. The lowest BCUT2D eigenvalue weighted by Gasteiger charge is -2.22. The molecule has 1 aromatic carbocycles. The Bertz CT molecular complexity index is 1040. The largest absolute Gasteiger partial charge is 0.302 e. The van der Waals surface area contributed by atoms with Crippen molar-refractivity contribution in [3.05, 3.63) is 36.0 Å². The quantitative estimate of drug-likeness (QED) is 0.686. The van der Waals surface area contributed by atoms with Gasteiger partial charge in [-0.1, -0.05) is 17.4 Å². The van der Waals surface area contributed by atoms with Gasteiger partial charge in [-0.15, -0.1) is 0 Å². The van der Waals surface area contributed by atoms with Gasteiger partial charge in [-0.25, -0.2) is 14.4 Å². The second kappa shape index (κ2) is 6.35. The van der Waals surface area contributed by atoms with Crippen molar-refractivity contribution in [2.24, 2.45) is 5.92 Å². The number of halogens is 1.